The fraction of sp³-hybridized carbons (Fsp3) is 0.636. The highest BCUT2D eigenvalue weighted by Crippen LogP contribution is 2.36. The molecule has 2 heterocycles. The third kappa shape index (κ3) is 6.07. The molecule has 10 heteroatoms. The smallest absolute Gasteiger partial charge is 0.407 e. The molecule has 9 nitrogen and oxygen atoms in total. The Labute approximate surface area is 191 Å². The second kappa shape index (κ2) is 9.58. The molecule has 2 amide bonds. The van der Waals surface area contributed by atoms with Gasteiger partial charge in [-0.1, -0.05) is 0 Å². The zero-order valence-electron chi connectivity index (χ0n) is 18.5. The van der Waals surface area contributed by atoms with Crippen LogP contribution in [0.4, 0.5) is 10.6 Å². The van der Waals surface area contributed by atoms with Crippen molar-refractivity contribution in [3.63, 3.8) is 0 Å². The number of aliphatic hydroxyl groups is 1. The summed E-state index contributed by atoms with van der Waals surface area (Å²) in [5.74, 6) is 0.585. The van der Waals surface area contributed by atoms with Gasteiger partial charge in [-0.2, -0.15) is 5.10 Å². The summed E-state index contributed by atoms with van der Waals surface area (Å²) >= 11 is 1.51. The van der Waals surface area contributed by atoms with Crippen molar-refractivity contribution in [2.75, 3.05) is 5.32 Å². The zero-order chi connectivity index (χ0) is 22.7. The summed E-state index contributed by atoms with van der Waals surface area (Å²) < 4.78 is 5.64. The second-order valence-corrected chi connectivity index (χ2v) is 10.6. The van der Waals surface area contributed by atoms with E-state index in [-0.39, 0.29) is 36.5 Å². The lowest BCUT2D eigenvalue weighted by Gasteiger charge is -2.33. The van der Waals surface area contributed by atoms with E-state index in [0.717, 1.165) is 47.7 Å². The Kier molecular flexibility index (Phi) is 6.80. The van der Waals surface area contributed by atoms with Crippen LogP contribution >= 0.6 is 11.3 Å². The molecular formula is C22H31N5O4S. The topological polar surface area (TPSA) is 129 Å². The predicted molar refractivity (Wildman–Crippen MR) is 121 cm³/mol. The van der Waals surface area contributed by atoms with E-state index in [0.29, 0.717) is 18.7 Å². The van der Waals surface area contributed by atoms with E-state index in [4.69, 9.17) is 4.74 Å². The van der Waals surface area contributed by atoms with Crippen LogP contribution in [0.1, 0.15) is 73.4 Å². The average molecular weight is 462 g/mol. The van der Waals surface area contributed by atoms with Gasteiger partial charge in [-0.15, -0.1) is 11.3 Å². The Balaban J connectivity index is 1.21. The summed E-state index contributed by atoms with van der Waals surface area (Å²) in [6.45, 7) is 3.75. The lowest BCUT2D eigenvalue weighted by atomic mass is 9.84. The predicted octanol–water partition coefficient (Wildman–Crippen LogP) is 3.41. The van der Waals surface area contributed by atoms with Gasteiger partial charge in [0, 0.05) is 34.8 Å². The molecule has 0 unspecified atom stereocenters. The number of nitrogens with one attached hydrogen (secondary N) is 3. The number of aromatic nitrogens is 3. The highest BCUT2D eigenvalue weighted by molar-refractivity contribution is 7.11. The fourth-order valence-corrected chi connectivity index (χ4v) is 5.30. The minimum absolute atomic E-state index is 0.0626. The number of ether oxygens (including phenoxy) is 1. The Morgan fingerprint density at radius 2 is 2.09 bits per heavy atom. The Morgan fingerprint density at radius 3 is 2.81 bits per heavy atom. The Morgan fingerprint density at radius 1 is 1.31 bits per heavy atom. The molecule has 2 aliphatic carbocycles. The first-order valence-corrected chi connectivity index (χ1v) is 12.0. The quantitative estimate of drug-likeness (QED) is 0.522. The lowest BCUT2D eigenvalue weighted by molar-refractivity contribution is -0.115. The van der Waals surface area contributed by atoms with Crippen LogP contribution in [-0.4, -0.2) is 50.0 Å². The Hall–Kier alpha value is -2.46. The molecule has 32 heavy (non-hydrogen) atoms. The normalized spacial score (nSPS) is 27.8. The van der Waals surface area contributed by atoms with Crippen molar-refractivity contribution >= 4 is 29.2 Å². The van der Waals surface area contributed by atoms with Crippen molar-refractivity contribution in [3.05, 3.63) is 27.8 Å². The van der Waals surface area contributed by atoms with Gasteiger partial charge >= 0.3 is 6.09 Å². The van der Waals surface area contributed by atoms with E-state index in [1.54, 1.807) is 6.20 Å². The molecule has 4 rings (SSSR count). The van der Waals surface area contributed by atoms with Gasteiger partial charge in [-0.05, 0) is 58.8 Å². The van der Waals surface area contributed by atoms with E-state index in [1.165, 1.54) is 11.3 Å². The molecule has 2 fully saturated rings. The Bertz CT molecular complexity index is 946. The average Bonchev–Trinajstić information content (AvgIpc) is 3.45. The van der Waals surface area contributed by atoms with Crippen LogP contribution in [0.25, 0.3) is 0 Å². The first kappa shape index (κ1) is 22.7. The summed E-state index contributed by atoms with van der Waals surface area (Å²) in [5.41, 5.74) is 0.318. The molecule has 2 aliphatic rings. The number of hydrogen-bond acceptors (Lipinski definition) is 7. The van der Waals surface area contributed by atoms with Crippen LogP contribution in [0.5, 0.6) is 0 Å². The molecule has 2 aromatic rings. The fourth-order valence-electron chi connectivity index (χ4n) is 4.51. The number of H-pyrrole nitrogens is 1. The van der Waals surface area contributed by atoms with Gasteiger partial charge in [0.2, 0.25) is 5.91 Å². The van der Waals surface area contributed by atoms with Gasteiger partial charge in [0.15, 0.2) is 5.82 Å². The summed E-state index contributed by atoms with van der Waals surface area (Å²) in [6.07, 6.45) is 6.80. The molecule has 0 aliphatic heterocycles. The van der Waals surface area contributed by atoms with Crippen molar-refractivity contribution in [1.82, 2.24) is 20.5 Å². The van der Waals surface area contributed by atoms with Crippen LogP contribution in [0.3, 0.4) is 0 Å². The van der Waals surface area contributed by atoms with Gasteiger partial charge < -0.3 is 20.5 Å². The van der Waals surface area contributed by atoms with Crippen LogP contribution < -0.4 is 10.6 Å². The molecule has 2 atom stereocenters. The second-order valence-electron chi connectivity index (χ2n) is 9.23. The van der Waals surface area contributed by atoms with Crippen molar-refractivity contribution in [2.45, 2.75) is 88.9 Å². The molecular weight excluding hydrogens is 430 g/mol. The minimum Gasteiger partial charge on any atom is -0.446 e. The van der Waals surface area contributed by atoms with Gasteiger partial charge in [0.25, 0.3) is 0 Å². The third-order valence-electron chi connectivity index (χ3n) is 6.35. The third-order valence-corrected chi connectivity index (χ3v) is 7.26. The van der Waals surface area contributed by atoms with E-state index >= 15 is 0 Å². The van der Waals surface area contributed by atoms with Crippen LogP contribution in [-0.2, 0) is 16.0 Å². The standard InChI is InChI=1S/C22H31N5O4S/c1-13-23-12-17(32-13)10-20(28)25-19-11-18(26-27-19)14-3-4-16(9-14)31-21(29)24-15-5-7-22(2,30)8-6-15/h11-12,14-16,30H,3-10H2,1-2H3,(H,24,29)(H2,25,26,27,28)/t14-,15-,16+,22-/m1/s1. The number of carbonyl (C=O) groups excluding carboxylic acids is 2. The van der Waals surface area contributed by atoms with Crippen molar-refractivity contribution in [1.29, 1.82) is 0 Å². The zero-order valence-corrected chi connectivity index (χ0v) is 19.3. The first-order valence-electron chi connectivity index (χ1n) is 11.2. The molecule has 174 valence electrons. The lowest BCUT2D eigenvalue weighted by Crippen LogP contribution is -2.43. The molecule has 4 N–H and O–H groups in total. The molecule has 0 spiro atoms. The molecule has 0 aromatic carbocycles. The molecule has 0 saturated heterocycles. The number of aryl methyl sites for hydroxylation is 1. The number of thiazole rings is 1. The van der Waals surface area contributed by atoms with Crippen molar-refractivity contribution in [2.24, 2.45) is 0 Å². The maximum absolute atomic E-state index is 12.3. The molecule has 2 aromatic heterocycles. The van der Waals surface area contributed by atoms with Crippen LogP contribution in [0.15, 0.2) is 12.3 Å². The van der Waals surface area contributed by atoms with Crippen LogP contribution in [0, 0.1) is 6.92 Å². The number of carbonyl (C=O) groups is 2. The van der Waals surface area contributed by atoms with E-state index in [2.05, 4.69) is 25.8 Å². The van der Waals surface area contributed by atoms with E-state index in [1.807, 2.05) is 19.9 Å². The van der Waals surface area contributed by atoms with Gasteiger partial charge in [-0.3, -0.25) is 9.89 Å². The molecule has 2 saturated carbocycles. The molecule has 0 bridgehead atoms. The van der Waals surface area contributed by atoms with Crippen molar-refractivity contribution < 1.29 is 19.4 Å². The monoisotopic (exact) mass is 461 g/mol. The largest absolute Gasteiger partial charge is 0.446 e. The molecule has 0 radical (unpaired) electrons. The minimum atomic E-state index is -0.622. The van der Waals surface area contributed by atoms with Gasteiger partial charge in [0.1, 0.15) is 6.10 Å². The van der Waals surface area contributed by atoms with E-state index < -0.39 is 5.60 Å². The highest BCUT2D eigenvalue weighted by atomic mass is 32.1. The van der Waals surface area contributed by atoms with Gasteiger partial charge in [0.05, 0.1) is 17.0 Å². The van der Waals surface area contributed by atoms with Gasteiger partial charge in [-0.25, -0.2) is 9.78 Å². The number of alkyl carbamates (subject to hydrolysis) is 1. The summed E-state index contributed by atoms with van der Waals surface area (Å²) in [4.78, 5) is 29.6. The van der Waals surface area contributed by atoms with Crippen molar-refractivity contribution in [3.8, 4) is 0 Å². The number of rotatable bonds is 6. The maximum atomic E-state index is 12.3. The first-order chi connectivity index (χ1) is 15.3. The number of amides is 2. The summed E-state index contributed by atoms with van der Waals surface area (Å²) in [5, 5.41) is 24.0. The number of nitrogens with zero attached hydrogens (tertiary/aromatic N) is 2. The van der Waals surface area contributed by atoms with E-state index in [9.17, 15) is 14.7 Å². The summed E-state index contributed by atoms with van der Waals surface area (Å²) in [6, 6.07) is 1.92. The maximum Gasteiger partial charge on any atom is 0.407 e. The number of hydrogen-bond donors (Lipinski definition) is 4. The number of anilines is 1. The van der Waals surface area contributed by atoms with Crippen LogP contribution in [0.2, 0.25) is 0 Å². The number of aromatic amines is 1. The highest BCUT2D eigenvalue weighted by Gasteiger charge is 2.32. The SMILES string of the molecule is Cc1ncc(CC(=O)Nc2cc([C@@H]3CC[C@H](OC(=O)N[C@H]4CC[C@](C)(O)CC4)C3)[nH]n2)s1. The summed E-state index contributed by atoms with van der Waals surface area (Å²) in [7, 11) is 0.